The number of aliphatic hydroxyl groups excluding tert-OH is 1. The monoisotopic (exact) mass is 1350 g/mol. The van der Waals surface area contributed by atoms with Gasteiger partial charge in [-0.25, -0.2) is 9.13 Å². The molecule has 0 spiro atoms. The van der Waals surface area contributed by atoms with Crippen LogP contribution in [0.25, 0.3) is 0 Å². The van der Waals surface area contributed by atoms with Crippen LogP contribution in [0.3, 0.4) is 0 Å². The molecule has 0 radical (unpaired) electrons. The van der Waals surface area contributed by atoms with Crippen molar-refractivity contribution < 1.29 is 80.2 Å². The number of phosphoric acid groups is 2. The number of carbonyl (C=O) groups is 4. The van der Waals surface area contributed by atoms with E-state index < -0.39 is 97.5 Å². The Morgan fingerprint density at radius 2 is 0.587 bits per heavy atom. The molecule has 0 aliphatic carbocycles. The number of unbranched alkanes of at least 4 members (excludes halogenated alkanes) is 34. The van der Waals surface area contributed by atoms with E-state index in [2.05, 4.69) is 72.8 Å². The van der Waals surface area contributed by atoms with E-state index in [1.165, 1.54) is 135 Å². The van der Waals surface area contributed by atoms with Crippen LogP contribution >= 0.6 is 15.6 Å². The number of hydrogen-bond donors (Lipinski definition) is 3. The van der Waals surface area contributed by atoms with Gasteiger partial charge in [0.1, 0.15) is 19.3 Å². The fourth-order valence-electron chi connectivity index (χ4n) is 10.5. The van der Waals surface area contributed by atoms with Gasteiger partial charge in [0.05, 0.1) is 26.4 Å². The van der Waals surface area contributed by atoms with E-state index in [4.69, 9.17) is 37.0 Å². The molecule has 0 rings (SSSR count). The van der Waals surface area contributed by atoms with Crippen LogP contribution < -0.4 is 0 Å². The lowest BCUT2D eigenvalue weighted by atomic mass is 10.0. The van der Waals surface area contributed by atoms with Crippen LogP contribution in [0.5, 0.6) is 0 Å². The second-order valence-corrected chi connectivity index (χ2v) is 30.0. The van der Waals surface area contributed by atoms with Crippen molar-refractivity contribution in [2.24, 2.45) is 17.8 Å². The summed E-state index contributed by atoms with van der Waals surface area (Å²) < 4.78 is 68.3. The van der Waals surface area contributed by atoms with Gasteiger partial charge in [-0.2, -0.15) is 0 Å². The summed E-state index contributed by atoms with van der Waals surface area (Å²) in [4.78, 5) is 72.6. The molecule has 0 bridgehead atoms. The summed E-state index contributed by atoms with van der Waals surface area (Å²) >= 11 is 0. The molecule has 0 aromatic heterocycles. The summed E-state index contributed by atoms with van der Waals surface area (Å²) in [6.45, 7) is 11.7. The lowest BCUT2D eigenvalue weighted by Crippen LogP contribution is -2.30. The van der Waals surface area contributed by atoms with Crippen LogP contribution in [0, 0.1) is 17.8 Å². The van der Waals surface area contributed by atoms with Gasteiger partial charge in [-0.05, 0) is 69.1 Å². The van der Waals surface area contributed by atoms with Gasteiger partial charge >= 0.3 is 39.5 Å². The average Bonchev–Trinajstić information content (AvgIpc) is 3.51. The van der Waals surface area contributed by atoms with Gasteiger partial charge in [-0.3, -0.25) is 37.3 Å². The highest BCUT2D eigenvalue weighted by Crippen LogP contribution is 2.45. The van der Waals surface area contributed by atoms with Crippen LogP contribution in [0.1, 0.15) is 344 Å². The van der Waals surface area contributed by atoms with Crippen molar-refractivity contribution in [3.63, 3.8) is 0 Å². The van der Waals surface area contributed by atoms with Gasteiger partial charge in [-0.15, -0.1) is 0 Å². The molecule has 0 fully saturated rings. The Hall–Kier alpha value is -2.46. The predicted molar refractivity (Wildman–Crippen MR) is 372 cm³/mol. The lowest BCUT2D eigenvalue weighted by Gasteiger charge is -2.21. The maximum Gasteiger partial charge on any atom is 0.472 e. The highest BCUT2D eigenvalue weighted by atomic mass is 31.2. The summed E-state index contributed by atoms with van der Waals surface area (Å²) in [5.41, 5.74) is 0. The van der Waals surface area contributed by atoms with Crippen LogP contribution in [0.4, 0.5) is 0 Å². The van der Waals surface area contributed by atoms with Crippen molar-refractivity contribution in [1.29, 1.82) is 0 Å². The third kappa shape index (κ3) is 66.2. The van der Waals surface area contributed by atoms with Crippen molar-refractivity contribution in [1.82, 2.24) is 0 Å². The summed E-state index contributed by atoms with van der Waals surface area (Å²) in [6, 6.07) is 0. The highest BCUT2D eigenvalue weighted by Gasteiger charge is 2.30. The Balaban J connectivity index is 5.29. The molecule has 92 heavy (non-hydrogen) atoms. The largest absolute Gasteiger partial charge is 0.472 e. The number of aliphatic hydroxyl groups is 1. The number of phosphoric ester groups is 2. The molecule has 0 aliphatic rings. The van der Waals surface area contributed by atoms with Crippen molar-refractivity contribution in [3.8, 4) is 0 Å². The van der Waals surface area contributed by atoms with Gasteiger partial charge in [-0.1, -0.05) is 291 Å². The lowest BCUT2D eigenvalue weighted by molar-refractivity contribution is -0.161. The third-order valence-electron chi connectivity index (χ3n) is 16.3. The zero-order valence-electron chi connectivity index (χ0n) is 59.5. The van der Waals surface area contributed by atoms with E-state index in [0.29, 0.717) is 31.6 Å². The number of hydrogen-bond acceptors (Lipinski definition) is 15. The zero-order chi connectivity index (χ0) is 68.0. The Morgan fingerprint density at radius 1 is 0.337 bits per heavy atom. The number of allylic oxidation sites excluding steroid dienone is 4. The van der Waals surface area contributed by atoms with E-state index in [0.717, 1.165) is 121 Å². The molecule has 542 valence electrons. The predicted octanol–water partition coefficient (Wildman–Crippen LogP) is 20.6. The van der Waals surface area contributed by atoms with Crippen molar-refractivity contribution >= 4 is 39.5 Å². The van der Waals surface area contributed by atoms with Gasteiger partial charge in [0, 0.05) is 25.7 Å². The topological polar surface area (TPSA) is 237 Å². The number of esters is 4. The number of rotatable bonds is 69. The SMILES string of the molecule is CCCCCC/C=C\C=C/CCCCCCCC(=O)O[C@H](COC(=O)CCCCCCCCCCCCCCC(C)C)COP(=O)(O)OCC(O)COP(=O)(O)OC[C@@H](COC(=O)CCCCCCCCCC(C)C)OC(=O)CCCCCCCCCCCC(C)C. The fraction of sp³-hybridized carbons (Fsp3) is 0.890. The average molecular weight is 1350 g/mol. The first-order valence-corrected chi connectivity index (χ1v) is 40.2. The normalized spacial score (nSPS) is 14.3. The molecule has 0 heterocycles. The third-order valence-corrected chi connectivity index (χ3v) is 18.2. The number of ether oxygens (including phenoxy) is 4. The summed E-state index contributed by atoms with van der Waals surface area (Å²) in [5.74, 6) is 0.0636. The van der Waals surface area contributed by atoms with Crippen molar-refractivity contribution in [2.75, 3.05) is 39.6 Å². The second-order valence-electron chi connectivity index (χ2n) is 27.1. The Labute approximate surface area is 561 Å². The van der Waals surface area contributed by atoms with Gasteiger partial charge < -0.3 is 33.8 Å². The van der Waals surface area contributed by atoms with E-state index in [1.54, 1.807) is 0 Å². The molecule has 5 atom stereocenters. The van der Waals surface area contributed by atoms with E-state index in [9.17, 15) is 43.2 Å². The van der Waals surface area contributed by atoms with Crippen molar-refractivity contribution in [2.45, 2.75) is 362 Å². The van der Waals surface area contributed by atoms with E-state index in [1.807, 2.05) is 0 Å². The molecule has 0 aliphatic heterocycles. The summed E-state index contributed by atoms with van der Waals surface area (Å²) in [6.07, 6.45) is 50.8. The molecule has 19 heteroatoms. The van der Waals surface area contributed by atoms with Crippen LogP contribution in [0.2, 0.25) is 0 Å². The van der Waals surface area contributed by atoms with Gasteiger partial charge in [0.2, 0.25) is 0 Å². The van der Waals surface area contributed by atoms with E-state index >= 15 is 0 Å². The second kappa shape index (κ2) is 63.3. The maximum absolute atomic E-state index is 13.0. The van der Waals surface area contributed by atoms with Gasteiger partial charge in [0.15, 0.2) is 12.2 Å². The Morgan fingerprint density at radius 3 is 0.880 bits per heavy atom. The van der Waals surface area contributed by atoms with Crippen LogP contribution in [0.15, 0.2) is 24.3 Å². The molecular formula is C73H138O17P2. The number of carbonyl (C=O) groups excluding carboxylic acids is 4. The van der Waals surface area contributed by atoms with Gasteiger partial charge in [0.25, 0.3) is 0 Å². The minimum atomic E-state index is -4.96. The highest BCUT2D eigenvalue weighted by molar-refractivity contribution is 7.47. The standard InChI is InChI=1S/C73H138O17P2/c1-8-9-10-11-12-13-14-15-16-17-22-27-34-42-49-56-72(77)89-68(60-83-70(75)54-47-40-33-26-21-19-18-20-24-30-37-44-51-64(2)3)62-87-91(79,80)85-58-67(74)59-86-92(81,82)88-63-69(61-84-71(76)55-48-41-36-29-32-39-46-53-66(6)7)90-73(78)57-50-43-35-28-23-25-31-38-45-52-65(4)5/h13-16,64-69,74H,8-12,17-63H2,1-7H3,(H,79,80)(H,81,82)/b14-13-,16-15-/t67?,68-,69-/m1/s1. The molecular weight excluding hydrogens is 1210 g/mol. The summed E-state index contributed by atoms with van der Waals surface area (Å²) in [7, 11) is -9.92. The molecule has 0 aromatic carbocycles. The molecule has 0 aromatic rings. The van der Waals surface area contributed by atoms with Crippen molar-refractivity contribution in [3.05, 3.63) is 24.3 Å². The molecule has 0 saturated heterocycles. The minimum Gasteiger partial charge on any atom is -0.462 e. The Kier molecular flexibility index (Phi) is 61.6. The first-order chi connectivity index (χ1) is 44.2. The Bertz CT molecular complexity index is 1890. The minimum absolute atomic E-state index is 0.0845. The molecule has 0 saturated carbocycles. The van der Waals surface area contributed by atoms with Crippen LogP contribution in [-0.4, -0.2) is 96.7 Å². The smallest absolute Gasteiger partial charge is 0.462 e. The molecule has 3 N–H and O–H groups in total. The zero-order valence-corrected chi connectivity index (χ0v) is 61.3. The first-order valence-electron chi connectivity index (χ1n) is 37.2. The van der Waals surface area contributed by atoms with E-state index in [-0.39, 0.29) is 25.7 Å². The summed E-state index contributed by atoms with van der Waals surface area (Å²) in [5, 5.41) is 10.6. The first kappa shape index (κ1) is 89.5. The fourth-order valence-corrected chi connectivity index (χ4v) is 12.1. The molecule has 3 unspecified atom stereocenters. The quantitative estimate of drug-likeness (QED) is 0.0169. The molecule has 17 nitrogen and oxygen atoms in total. The maximum atomic E-state index is 13.0. The molecule has 0 amide bonds. The van der Waals surface area contributed by atoms with Crippen LogP contribution in [-0.2, 0) is 65.4 Å².